The van der Waals surface area contributed by atoms with Crippen LogP contribution in [-0.4, -0.2) is 0 Å². The molecular formula is C38H32N2. The maximum absolute atomic E-state index is 2.30. The van der Waals surface area contributed by atoms with Crippen molar-refractivity contribution in [1.29, 1.82) is 0 Å². The highest BCUT2D eigenvalue weighted by Gasteiger charge is 2.15. The van der Waals surface area contributed by atoms with E-state index in [4.69, 9.17) is 0 Å². The smallest absolute Gasteiger partial charge is 0.0461 e. The molecule has 0 saturated carbocycles. The fraction of sp³-hybridized carbons (Fsp3) is 0.0526. The van der Waals surface area contributed by atoms with Crippen molar-refractivity contribution in [3.8, 4) is 0 Å². The third-order valence-corrected chi connectivity index (χ3v) is 7.36. The second kappa shape index (κ2) is 11.8. The van der Waals surface area contributed by atoms with E-state index in [0.717, 1.165) is 34.1 Å². The molecule has 6 rings (SSSR count). The normalized spacial score (nSPS) is 10.8. The predicted molar refractivity (Wildman–Crippen MR) is 170 cm³/mol. The monoisotopic (exact) mass is 516 g/mol. The van der Waals surface area contributed by atoms with Gasteiger partial charge in [-0.05, 0) is 83.9 Å². The lowest BCUT2D eigenvalue weighted by molar-refractivity contribution is 0.922. The summed E-state index contributed by atoms with van der Waals surface area (Å²) in [5.74, 6) is 0.270. The second-order valence-electron chi connectivity index (χ2n) is 9.92. The lowest BCUT2D eigenvalue weighted by atomic mass is 9.92. The van der Waals surface area contributed by atoms with Gasteiger partial charge in [-0.1, -0.05) is 104 Å². The molecule has 0 unspecified atom stereocenters. The Morgan fingerprint density at radius 2 is 0.525 bits per heavy atom. The van der Waals surface area contributed by atoms with Gasteiger partial charge in [0.15, 0.2) is 0 Å². The van der Waals surface area contributed by atoms with Crippen LogP contribution >= 0.6 is 0 Å². The lowest BCUT2D eigenvalue weighted by Gasteiger charge is -2.26. The summed E-state index contributed by atoms with van der Waals surface area (Å²) in [5.41, 5.74) is 9.45. The Morgan fingerprint density at radius 1 is 0.300 bits per heavy atom. The minimum atomic E-state index is 0.270. The molecule has 2 nitrogen and oxygen atoms in total. The molecule has 0 saturated heterocycles. The fourth-order valence-corrected chi connectivity index (χ4v) is 5.22. The van der Waals surface area contributed by atoms with Crippen LogP contribution in [0.2, 0.25) is 0 Å². The van der Waals surface area contributed by atoms with Crippen LogP contribution in [0.4, 0.5) is 34.1 Å². The van der Waals surface area contributed by atoms with Crippen molar-refractivity contribution < 1.29 is 0 Å². The Labute approximate surface area is 237 Å². The van der Waals surface area contributed by atoms with Crippen LogP contribution in [0.1, 0.15) is 24.0 Å². The SMILES string of the molecule is CC(c1ccc(N(c2ccccc2)c2ccccc2)cc1)c1ccc(N(c2ccccc2)c2ccccc2)cc1. The van der Waals surface area contributed by atoms with Gasteiger partial charge < -0.3 is 9.80 Å². The van der Waals surface area contributed by atoms with Crippen LogP contribution in [0.25, 0.3) is 0 Å². The van der Waals surface area contributed by atoms with E-state index in [1.54, 1.807) is 0 Å². The molecule has 6 aromatic rings. The molecular weight excluding hydrogens is 484 g/mol. The summed E-state index contributed by atoms with van der Waals surface area (Å²) in [4.78, 5) is 4.59. The van der Waals surface area contributed by atoms with Gasteiger partial charge in [0.2, 0.25) is 0 Å². The zero-order valence-corrected chi connectivity index (χ0v) is 22.6. The second-order valence-corrected chi connectivity index (χ2v) is 9.92. The number of hydrogen-bond acceptors (Lipinski definition) is 2. The van der Waals surface area contributed by atoms with Crippen molar-refractivity contribution in [1.82, 2.24) is 0 Å². The molecule has 0 spiro atoms. The highest BCUT2D eigenvalue weighted by Crippen LogP contribution is 2.37. The zero-order valence-electron chi connectivity index (χ0n) is 22.6. The van der Waals surface area contributed by atoms with E-state index in [1.165, 1.54) is 11.1 Å². The average molecular weight is 517 g/mol. The molecule has 0 bridgehead atoms. The van der Waals surface area contributed by atoms with Crippen molar-refractivity contribution in [3.63, 3.8) is 0 Å². The number of rotatable bonds is 8. The first kappa shape index (κ1) is 25.2. The molecule has 40 heavy (non-hydrogen) atoms. The number of anilines is 6. The highest BCUT2D eigenvalue weighted by molar-refractivity contribution is 5.77. The van der Waals surface area contributed by atoms with Gasteiger partial charge in [0, 0.05) is 40.0 Å². The Morgan fingerprint density at radius 3 is 0.775 bits per heavy atom. The average Bonchev–Trinajstić information content (AvgIpc) is 3.04. The van der Waals surface area contributed by atoms with Crippen LogP contribution in [0.15, 0.2) is 170 Å². The first-order chi connectivity index (χ1) is 19.8. The lowest BCUT2D eigenvalue weighted by Crippen LogP contribution is -2.10. The Hall–Kier alpha value is -5.08. The van der Waals surface area contributed by atoms with Gasteiger partial charge >= 0.3 is 0 Å². The van der Waals surface area contributed by atoms with E-state index in [9.17, 15) is 0 Å². The van der Waals surface area contributed by atoms with E-state index in [2.05, 4.69) is 187 Å². The highest BCUT2D eigenvalue weighted by atomic mass is 15.1. The van der Waals surface area contributed by atoms with Crippen LogP contribution in [0.3, 0.4) is 0 Å². The maximum Gasteiger partial charge on any atom is 0.0461 e. The molecule has 0 amide bonds. The molecule has 0 heterocycles. The largest absolute Gasteiger partial charge is 0.311 e. The van der Waals surface area contributed by atoms with Gasteiger partial charge in [-0.15, -0.1) is 0 Å². The molecule has 0 aliphatic carbocycles. The van der Waals surface area contributed by atoms with Gasteiger partial charge in [-0.25, -0.2) is 0 Å². The van der Waals surface area contributed by atoms with E-state index < -0.39 is 0 Å². The number of benzene rings is 6. The topological polar surface area (TPSA) is 6.48 Å². The van der Waals surface area contributed by atoms with Crippen molar-refractivity contribution in [2.24, 2.45) is 0 Å². The minimum absolute atomic E-state index is 0.270. The van der Waals surface area contributed by atoms with Crippen molar-refractivity contribution >= 4 is 34.1 Å². The van der Waals surface area contributed by atoms with Gasteiger partial charge in [-0.2, -0.15) is 0 Å². The number of nitrogens with zero attached hydrogens (tertiary/aromatic N) is 2. The molecule has 0 fully saturated rings. The fourth-order valence-electron chi connectivity index (χ4n) is 5.22. The molecule has 194 valence electrons. The molecule has 0 N–H and O–H groups in total. The summed E-state index contributed by atoms with van der Waals surface area (Å²) in [5, 5.41) is 0. The van der Waals surface area contributed by atoms with E-state index in [-0.39, 0.29) is 5.92 Å². The van der Waals surface area contributed by atoms with Gasteiger partial charge in [0.25, 0.3) is 0 Å². The summed E-state index contributed by atoms with van der Waals surface area (Å²) in [6, 6.07) is 60.1. The summed E-state index contributed by atoms with van der Waals surface area (Å²) < 4.78 is 0. The molecule has 0 aromatic heterocycles. The van der Waals surface area contributed by atoms with Crippen molar-refractivity contribution in [3.05, 3.63) is 181 Å². The Kier molecular flexibility index (Phi) is 7.41. The first-order valence-electron chi connectivity index (χ1n) is 13.8. The van der Waals surface area contributed by atoms with E-state index in [1.807, 2.05) is 0 Å². The quantitative estimate of drug-likeness (QED) is 0.198. The molecule has 2 heteroatoms. The zero-order chi connectivity index (χ0) is 27.1. The van der Waals surface area contributed by atoms with Crippen LogP contribution < -0.4 is 9.80 Å². The molecule has 0 aliphatic heterocycles. The maximum atomic E-state index is 2.30. The third-order valence-electron chi connectivity index (χ3n) is 7.36. The van der Waals surface area contributed by atoms with Crippen LogP contribution in [0, 0.1) is 0 Å². The molecule has 0 aliphatic rings. The molecule has 6 aromatic carbocycles. The Balaban J connectivity index is 1.27. The third kappa shape index (κ3) is 5.39. The molecule has 0 radical (unpaired) electrons. The summed E-state index contributed by atoms with van der Waals surface area (Å²) in [6.45, 7) is 2.28. The van der Waals surface area contributed by atoms with E-state index in [0.29, 0.717) is 0 Å². The standard InChI is InChI=1S/C38H32N2/c1-30(31-22-26-37(27-23-31)39(33-14-6-2-7-15-33)34-16-8-3-9-17-34)32-24-28-38(29-25-32)40(35-18-10-4-11-19-35)36-20-12-5-13-21-36/h2-30H,1H3. The van der Waals surface area contributed by atoms with Crippen molar-refractivity contribution in [2.45, 2.75) is 12.8 Å². The molecule has 0 atom stereocenters. The predicted octanol–water partition coefficient (Wildman–Crippen LogP) is 10.8. The summed E-state index contributed by atoms with van der Waals surface area (Å²) in [7, 11) is 0. The number of hydrogen-bond donors (Lipinski definition) is 0. The van der Waals surface area contributed by atoms with Crippen molar-refractivity contribution in [2.75, 3.05) is 9.80 Å². The van der Waals surface area contributed by atoms with E-state index >= 15 is 0 Å². The van der Waals surface area contributed by atoms with Crippen LogP contribution in [-0.2, 0) is 0 Å². The Bertz CT molecular complexity index is 1410. The first-order valence-corrected chi connectivity index (χ1v) is 13.8. The minimum Gasteiger partial charge on any atom is -0.311 e. The summed E-state index contributed by atoms with van der Waals surface area (Å²) in [6.07, 6.45) is 0. The number of para-hydroxylation sites is 4. The summed E-state index contributed by atoms with van der Waals surface area (Å²) >= 11 is 0. The van der Waals surface area contributed by atoms with Gasteiger partial charge in [0.05, 0.1) is 0 Å². The van der Waals surface area contributed by atoms with Gasteiger partial charge in [-0.3, -0.25) is 0 Å². The van der Waals surface area contributed by atoms with Crippen LogP contribution in [0.5, 0.6) is 0 Å². The van der Waals surface area contributed by atoms with Gasteiger partial charge in [0.1, 0.15) is 0 Å².